The monoisotopic (exact) mass is 351 g/mol. The van der Waals surface area contributed by atoms with Gasteiger partial charge < -0.3 is 10.4 Å². The van der Waals surface area contributed by atoms with E-state index in [2.05, 4.69) is 20.7 Å². The maximum Gasteiger partial charge on any atom is 0.231 e. The maximum atomic E-state index is 12.2. The molecule has 0 atom stereocenters. The molecule has 1 aliphatic heterocycles. The zero-order valence-electron chi connectivity index (χ0n) is 13.5. The van der Waals surface area contributed by atoms with E-state index in [9.17, 15) is 9.90 Å². The summed E-state index contributed by atoms with van der Waals surface area (Å²) in [6.45, 7) is 1.94. The van der Waals surface area contributed by atoms with Crippen LogP contribution in [0.1, 0.15) is 30.1 Å². The Morgan fingerprint density at radius 3 is 2.79 bits per heavy atom. The standard InChI is InChI=1S/C16H21N5O2.ClH/c1-21-16(19-15(20-21)11-6-8-17-9-7-11)18-14(23)10-12-4-2-3-5-13(12)22;/h2-5,11,17,22H,6-10H2,1H3,(H,18,19,20,23);1H. The molecule has 130 valence electrons. The lowest BCUT2D eigenvalue weighted by Gasteiger charge is -2.19. The summed E-state index contributed by atoms with van der Waals surface area (Å²) in [4.78, 5) is 16.6. The highest BCUT2D eigenvalue weighted by Crippen LogP contribution is 2.23. The summed E-state index contributed by atoms with van der Waals surface area (Å²) >= 11 is 0. The van der Waals surface area contributed by atoms with E-state index in [1.807, 2.05) is 0 Å². The fourth-order valence-corrected chi connectivity index (χ4v) is 2.77. The Kier molecular flexibility index (Phi) is 6.16. The SMILES string of the molecule is Cl.Cn1nc(C2CCNCC2)nc1NC(=O)Cc1ccccc1O. The van der Waals surface area contributed by atoms with Gasteiger partial charge in [0.15, 0.2) is 5.82 Å². The first-order valence-electron chi connectivity index (χ1n) is 7.82. The Balaban J connectivity index is 0.00000208. The number of aromatic nitrogens is 3. The van der Waals surface area contributed by atoms with Crippen molar-refractivity contribution in [3.8, 4) is 5.75 Å². The van der Waals surface area contributed by atoms with Crippen molar-refractivity contribution in [1.82, 2.24) is 20.1 Å². The number of rotatable bonds is 4. The molecule has 0 spiro atoms. The van der Waals surface area contributed by atoms with Gasteiger partial charge in [-0.3, -0.25) is 10.1 Å². The van der Waals surface area contributed by atoms with E-state index in [-0.39, 0.29) is 30.5 Å². The molecule has 0 bridgehead atoms. The Morgan fingerprint density at radius 1 is 1.38 bits per heavy atom. The van der Waals surface area contributed by atoms with Crippen molar-refractivity contribution in [2.75, 3.05) is 18.4 Å². The van der Waals surface area contributed by atoms with Gasteiger partial charge in [-0.2, -0.15) is 10.1 Å². The number of phenolic OH excluding ortho intramolecular Hbond substituents is 1. The molecule has 1 aromatic heterocycles. The van der Waals surface area contributed by atoms with Crippen LogP contribution < -0.4 is 10.6 Å². The van der Waals surface area contributed by atoms with E-state index in [0.29, 0.717) is 17.4 Å². The normalized spacial score (nSPS) is 14.9. The number of piperidine rings is 1. The Labute approximate surface area is 146 Å². The van der Waals surface area contributed by atoms with E-state index in [0.717, 1.165) is 31.8 Å². The fraction of sp³-hybridized carbons (Fsp3) is 0.438. The molecule has 0 saturated carbocycles. The first-order valence-corrected chi connectivity index (χ1v) is 7.82. The quantitative estimate of drug-likeness (QED) is 0.778. The van der Waals surface area contributed by atoms with Gasteiger partial charge in [-0.1, -0.05) is 18.2 Å². The third-order valence-corrected chi connectivity index (χ3v) is 4.08. The van der Waals surface area contributed by atoms with Gasteiger partial charge in [0.1, 0.15) is 5.75 Å². The number of amides is 1. The zero-order chi connectivity index (χ0) is 16.2. The van der Waals surface area contributed by atoms with Gasteiger partial charge in [-0.15, -0.1) is 12.4 Å². The Bertz CT molecular complexity index is 698. The molecule has 1 amide bonds. The van der Waals surface area contributed by atoms with Crippen molar-refractivity contribution in [2.45, 2.75) is 25.2 Å². The predicted octanol–water partition coefficient (Wildman–Crippen LogP) is 1.59. The van der Waals surface area contributed by atoms with Crippen molar-refractivity contribution >= 4 is 24.3 Å². The molecule has 1 saturated heterocycles. The molecule has 2 heterocycles. The minimum absolute atomic E-state index is 0. The highest BCUT2D eigenvalue weighted by Gasteiger charge is 2.21. The molecule has 0 unspecified atom stereocenters. The molecule has 0 aliphatic carbocycles. The summed E-state index contributed by atoms with van der Waals surface area (Å²) in [7, 11) is 1.77. The third-order valence-electron chi connectivity index (χ3n) is 4.08. The van der Waals surface area contributed by atoms with Crippen LogP contribution in [-0.4, -0.2) is 38.9 Å². The minimum atomic E-state index is -0.223. The van der Waals surface area contributed by atoms with E-state index in [1.54, 1.807) is 36.0 Å². The summed E-state index contributed by atoms with van der Waals surface area (Å²) in [6, 6.07) is 6.82. The second kappa shape index (κ2) is 8.12. The zero-order valence-corrected chi connectivity index (χ0v) is 14.3. The molecule has 2 aromatic rings. The van der Waals surface area contributed by atoms with Gasteiger partial charge >= 0.3 is 0 Å². The number of aromatic hydroxyl groups is 1. The molecule has 8 heteroatoms. The molecule has 1 aromatic carbocycles. The summed E-state index contributed by atoms with van der Waals surface area (Å²) in [5.74, 6) is 1.46. The minimum Gasteiger partial charge on any atom is -0.508 e. The molecule has 7 nitrogen and oxygen atoms in total. The number of aryl methyl sites for hydroxylation is 1. The van der Waals surface area contributed by atoms with Crippen molar-refractivity contribution < 1.29 is 9.90 Å². The van der Waals surface area contributed by atoms with Crippen LogP contribution >= 0.6 is 12.4 Å². The topological polar surface area (TPSA) is 92.1 Å². The van der Waals surface area contributed by atoms with Crippen LogP contribution in [0.5, 0.6) is 5.75 Å². The van der Waals surface area contributed by atoms with Crippen molar-refractivity contribution in [3.63, 3.8) is 0 Å². The molecule has 24 heavy (non-hydrogen) atoms. The fourth-order valence-electron chi connectivity index (χ4n) is 2.77. The van der Waals surface area contributed by atoms with Crippen molar-refractivity contribution in [1.29, 1.82) is 0 Å². The number of carbonyl (C=O) groups is 1. The van der Waals surface area contributed by atoms with E-state index < -0.39 is 0 Å². The molecule has 3 rings (SSSR count). The average Bonchev–Trinajstić information content (AvgIpc) is 2.91. The summed E-state index contributed by atoms with van der Waals surface area (Å²) in [6.07, 6.45) is 2.12. The van der Waals surface area contributed by atoms with Crippen molar-refractivity contribution in [3.05, 3.63) is 35.7 Å². The summed E-state index contributed by atoms with van der Waals surface area (Å²) in [5, 5.41) is 20.2. The highest BCUT2D eigenvalue weighted by molar-refractivity contribution is 5.91. The molecule has 1 aliphatic rings. The van der Waals surface area contributed by atoms with E-state index >= 15 is 0 Å². The average molecular weight is 352 g/mol. The van der Waals surface area contributed by atoms with Crippen molar-refractivity contribution in [2.24, 2.45) is 7.05 Å². The van der Waals surface area contributed by atoms with Crippen LogP contribution in [-0.2, 0) is 18.3 Å². The number of nitrogens with one attached hydrogen (secondary N) is 2. The number of nitrogens with zero attached hydrogens (tertiary/aromatic N) is 3. The Morgan fingerprint density at radius 2 is 2.08 bits per heavy atom. The molecule has 0 radical (unpaired) electrons. The van der Waals surface area contributed by atoms with Gasteiger partial charge in [-0.05, 0) is 32.0 Å². The van der Waals surface area contributed by atoms with Crippen LogP contribution in [0.15, 0.2) is 24.3 Å². The van der Waals surface area contributed by atoms with Gasteiger partial charge in [0.2, 0.25) is 11.9 Å². The number of para-hydroxylation sites is 1. The van der Waals surface area contributed by atoms with E-state index in [4.69, 9.17) is 0 Å². The molecular formula is C16H22ClN5O2. The number of benzene rings is 1. The summed E-state index contributed by atoms with van der Waals surface area (Å²) in [5.41, 5.74) is 0.589. The van der Waals surface area contributed by atoms with Crippen LogP contribution in [0.25, 0.3) is 0 Å². The highest BCUT2D eigenvalue weighted by atomic mass is 35.5. The number of halogens is 1. The number of anilines is 1. The second-order valence-electron chi connectivity index (χ2n) is 5.80. The van der Waals surface area contributed by atoms with Gasteiger partial charge in [0, 0.05) is 18.5 Å². The van der Waals surface area contributed by atoms with Crippen LogP contribution in [0, 0.1) is 0 Å². The van der Waals surface area contributed by atoms with E-state index in [1.165, 1.54) is 0 Å². The summed E-state index contributed by atoms with van der Waals surface area (Å²) < 4.78 is 1.60. The lowest BCUT2D eigenvalue weighted by molar-refractivity contribution is -0.115. The third kappa shape index (κ3) is 4.24. The Hall–Kier alpha value is -2.12. The van der Waals surface area contributed by atoms with Gasteiger partial charge in [-0.25, -0.2) is 4.68 Å². The number of phenols is 1. The second-order valence-corrected chi connectivity index (χ2v) is 5.80. The van der Waals surface area contributed by atoms with Crippen LogP contribution in [0.3, 0.4) is 0 Å². The van der Waals surface area contributed by atoms with Gasteiger partial charge in [0.25, 0.3) is 0 Å². The maximum absolute atomic E-state index is 12.2. The van der Waals surface area contributed by atoms with Gasteiger partial charge in [0.05, 0.1) is 6.42 Å². The first kappa shape index (κ1) is 18.2. The number of carbonyl (C=O) groups excluding carboxylic acids is 1. The molecule has 3 N–H and O–H groups in total. The molecule has 1 fully saturated rings. The lowest BCUT2D eigenvalue weighted by atomic mass is 9.98. The first-order chi connectivity index (χ1) is 11.1. The smallest absolute Gasteiger partial charge is 0.231 e. The number of hydrogen-bond acceptors (Lipinski definition) is 5. The largest absolute Gasteiger partial charge is 0.508 e. The molecular weight excluding hydrogens is 330 g/mol. The number of hydrogen-bond donors (Lipinski definition) is 3. The predicted molar refractivity (Wildman–Crippen MR) is 93.5 cm³/mol. The lowest BCUT2D eigenvalue weighted by Crippen LogP contribution is -2.27. The van der Waals surface area contributed by atoms with Crippen LogP contribution in [0.4, 0.5) is 5.95 Å². The van der Waals surface area contributed by atoms with Crippen LogP contribution in [0.2, 0.25) is 0 Å².